The number of nitrogens with zero attached hydrogens (tertiary/aromatic N) is 5. The molecule has 1 fully saturated rings. The van der Waals surface area contributed by atoms with Crippen molar-refractivity contribution >= 4 is 46.2 Å². The number of hydrogen-bond acceptors (Lipinski definition) is 8. The van der Waals surface area contributed by atoms with E-state index in [4.69, 9.17) is 17.0 Å². The van der Waals surface area contributed by atoms with Crippen LogP contribution in [0, 0.1) is 34.1 Å². The first-order chi connectivity index (χ1) is 22.2. The Morgan fingerprint density at radius 3 is 2.15 bits per heavy atom. The largest absolute Gasteiger partial charge is 0.494 e. The molecule has 5 aromatic rings. The smallest absolute Gasteiger partial charge is 0.273 e. The maximum Gasteiger partial charge on any atom is 0.273 e. The molecule has 2 atom stereocenters. The monoisotopic (exact) mass is 652 g/mol. The summed E-state index contributed by atoms with van der Waals surface area (Å²) < 4.78 is 7.63. The molecule has 0 amide bonds. The minimum Gasteiger partial charge on any atom is -0.494 e. The number of thiocarbonyl (C=S) groups is 1. The van der Waals surface area contributed by atoms with Gasteiger partial charge in [-0.25, -0.2) is 0 Å². The molecule has 2 aromatic heterocycles. The summed E-state index contributed by atoms with van der Waals surface area (Å²) in [6.07, 6.45) is 1.76. The van der Waals surface area contributed by atoms with E-state index in [0.717, 1.165) is 38.1 Å². The Balaban J connectivity index is 1.39. The highest BCUT2D eigenvalue weighted by Gasteiger charge is 2.42. The Hall–Kier alpha value is -5.27. The number of ether oxygens (including phenoxy) is 1. The summed E-state index contributed by atoms with van der Waals surface area (Å²) in [7, 11) is 1.50. The summed E-state index contributed by atoms with van der Waals surface area (Å²) >= 11 is 7.45. The highest BCUT2D eigenvalue weighted by atomic mass is 32.2. The van der Waals surface area contributed by atoms with Gasteiger partial charge >= 0.3 is 0 Å². The fraction of sp³-hybridized carbons (Fsp3) is 0.152. The van der Waals surface area contributed by atoms with Crippen LogP contribution in [0.15, 0.2) is 107 Å². The Kier molecular flexibility index (Phi) is 8.43. The minimum absolute atomic E-state index is 0.0506. The summed E-state index contributed by atoms with van der Waals surface area (Å²) in [6, 6.07) is 26.4. The van der Waals surface area contributed by atoms with Crippen molar-refractivity contribution in [1.29, 1.82) is 0 Å². The quantitative estimate of drug-likeness (QED) is 0.0963. The predicted molar refractivity (Wildman–Crippen MR) is 180 cm³/mol. The van der Waals surface area contributed by atoms with Gasteiger partial charge in [0.2, 0.25) is 0 Å². The number of nitro groups is 2. The molecule has 1 saturated heterocycles. The molecule has 13 heteroatoms. The van der Waals surface area contributed by atoms with E-state index in [0.29, 0.717) is 16.5 Å². The fourth-order valence-electron chi connectivity index (χ4n) is 5.82. The van der Waals surface area contributed by atoms with Crippen molar-refractivity contribution in [2.75, 3.05) is 12.0 Å². The number of pyridine rings is 1. The first-order valence-electron chi connectivity index (χ1n) is 14.2. The summed E-state index contributed by atoms with van der Waals surface area (Å²) in [5, 5.41) is 26.5. The molecule has 0 aliphatic carbocycles. The van der Waals surface area contributed by atoms with Gasteiger partial charge in [0.1, 0.15) is 5.75 Å². The molecule has 11 nitrogen and oxygen atoms in total. The maximum absolute atomic E-state index is 11.4. The topological polar surface area (TPSA) is 129 Å². The molecule has 3 aromatic carbocycles. The Labute approximate surface area is 274 Å². The summed E-state index contributed by atoms with van der Waals surface area (Å²) in [5.41, 5.74) is 5.26. The normalized spacial score (nSPS) is 15.9. The van der Waals surface area contributed by atoms with Crippen LogP contribution in [-0.4, -0.2) is 31.6 Å². The zero-order chi connectivity index (χ0) is 32.5. The molecule has 232 valence electrons. The van der Waals surface area contributed by atoms with Gasteiger partial charge < -0.3 is 19.5 Å². The van der Waals surface area contributed by atoms with Crippen LogP contribution in [0.4, 0.5) is 17.1 Å². The van der Waals surface area contributed by atoms with Gasteiger partial charge in [0.15, 0.2) is 5.11 Å². The van der Waals surface area contributed by atoms with Gasteiger partial charge in [0.25, 0.3) is 11.4 Å². The second kappa shape index (κ2) is 12.6. The molecule has 46 heavy (non-hydrogen) atoms. The van der Waals surface area contributed by atoms with Crippen LogP contribution in [0.3, 0.4) is 0 Å². The van der Waals surface area contributed by atoms with Gasteiger partial charge in [0, 0.05) is 51.3 Å². The number of rotatable bonds is 9. The number of benzene rings is 3. The van der Waals surface area contributed by atoms with Crippen LogP contribution in [0.1, 0.15) is 34.7 Å². The van der Waals surface area contributed by atoms with Crippen molar-refractivity contribution in [3.8, 4) is 11.4 Å². The summed E-state index contributed by atoms with van der Waals surface area (Å²) in [6.45, 7) is 4.00. The van der Waals surface area contributed by atoms with Crippen LogP contribution < -0.4 is 15.0 Å². The van der Waals surface area contributed by atoms with E-state index in [1.165, 1.54) is 43.1 Å². The van der Waals surface area contributed by atoms with E-state index in [1.807, 2.05) is 60.9 Å². The van der Waals surface area contributed by atoms with Gasteiger partial charge in [0.05, 0.1) is 46.5 Å². The van der Waals surface area contributed by atoms with Crippen LogP contribution in [0.2, 0.25) is 0 Å². The van der Waals surface area contributed by atoms with Crippen LogP contribution in [-0.2, 0) is 0 Å². The van der Waals surface area contributed by atoms with Crippen LogP contribution >= 0.6 is 24.0 Å². The second-order valence-electron chi connectivity index (χ2n) is 10.6. The molecule has 1 aliphatic heterocycles. The third-order valence-electron chi connectivity index (χ3n) is 7.90. The lowest BCUT2D eigenvalue weighted by atomic mass is 9.96. The van der Waals surface area contributed by atoms with Crippen molar-refractivity contribution in [2.24, 2.45) is 0 Å². The van der Waals surface area contributed by atoms with Gasteiger partial charge in [-0.1, -0.05) is 17.8 Å². The number of aromatic nitrogens is 2. The lowest BCUT2D eigenvalue weighted by Gasteiger charge is -2.28. The first kappa shape index (κ1) is 30.7. The van der Waals surface area contributed by atoms with E-state index in [-0.39, 0.29) is 23.5 Å². The van der Waals surface area contributed by atoms with Crippen molar-refractivity contribution in [2.45, 2.75) is 35.7 Å². The number of anilines is 1. The van der Waals surface area contributed by atoms with Crippen molar-refractivity contribution in [3.63, 3.8) is 0 Å². The SMILES string of the molecule is COc1cc([N+](=O)[O-])ccc1-n1c(C)cc(C2C(c3ccccn3)NC(=S)N2c2ccc(Sc3ccc([N+](=O)[O-])cc3)cc2)c1C. The second-order valence-corrected chi connectivity index (χ2v) is 12.2. The highest BCUT2D eigenvalue weighted by Crippen LogP contribution is 2.45. The molecular formula is C33H28N6O5S2. The molecular weight excluding hydrogens is 625 g/mol. The third kappa shape index (κ3) is 5.77. The molecule has 0 spiro atoms. The van der Waals surface area contributed by atoms with Crippen molar-refractivity contribution in [1.82, 2.24) is 14.9 Å². The molecule has 2 unspecified atom stereocenters. The Morgan fingerprint density at radius 2 is 1.54 bits per heavy atom. The summed E-state index contributed by atoms with van der Waals surface area (Å²) in [5.74, 6) is 0.391. The van der Waals surface area contributed by atoms with E-state index < -0.39 is 9.85 Å². The number of aryl methyl sites for hydroxylation is 1. The molecule has 1 N–H and O–H groups in total. The van der Waals surface area contributed by atoms with E-state index >= 15 is 0 Å². The Morgan fingerprint density at radius 1 is 0.891 bits per heavy atom. The lowest BCUT2D eigenvalue weighted by Crippen LogP contribution is -2.29. The average molecular weight is 653 g/mol. The number of non-ortho nitro benzene ring substituents is 2. The highest BCUT2D eigenvalue weighted by molar-refractivity contribution is 7.99. The van der Waals surface area contributed by atoms with Gasteiger partial charge in [-0.05, 0) is 92.3 Å². The molecule has 0 bridgehead atoms. The predicted octanol–water partition coefficient (Wildman–Crippen LogP) is 7.64. The lowest BCUT2D eigenvalue weighted by molar-refractivity contribution is -0.385. The van der Waals surface area contributed by atoms with Gasteiger partial charge in [-0.3, -0.25) is 25.2 Å². The van der Waals surface area contributed by atoms with Crippen molar-refractivity contribution < 1.29 is 14.6 Å². The standard InChI is InChI=1S/C33H28N6O5S2/c1-20-18-27(21(2)36(20)29-16-11-24(39(42)43)19-30(29)44-3)32-31(28-6-4-5-17-34-28)35-33(45)37(32)22-7-12-25(13-8-22)46-26-14-9-23(10-15-26)38(40)41/h4-19,31-32H,1-3H3,(H,35,45). The van der Waals surface area contributed by atoms with E-state index in [1.54, 1.807) is 24.4 Å². The fourth-order valence-corrected chi connectivity index (χ4v) is 6.98. The zero-order valence-electron chi connectivity index (χ0n) is 25.0. The number of nitrogens with one attached hydrogen (secondary N) is 1. The van der Waals surface area contributed by atoms with Crippen LogP contribution in [0.5, 0.6) is 5.75 Å². The van der Waals surface area contributed by atoms with E-state index in [9.17, 15) is 20.2 Å². The number of hydrogen-bond donors (Lipinski definition) is 1. The van der Waals surface area contributed by atoms with Crippen LogP contribution in [0.25, 0.3) is 5.69 Å². The maximum atomic E-state index is 11.4. The Bertz CT molecular complexity index is 1950. The van der Waals surface area contributed by atoms with E-state index in [2.05, 4.69) is 21.3 Å². The molecule has 3 heterocycles. The number of methoxy groups -OCH3 is 1. The molecule has 0 saturated carbocycles. The third-order valence-corrected chi connectivity index (χ3v) is 9.23. The minimum atomic E-state index is -0.441. The molecule has 1 aliphatic rings. The van der Waals surface area contributed by atoms with Crippen molar-refractivity contribution in [3.05, 3.63) is 140 Å². The van der Waals surface area contributed by atoms with Gasteiger partial charge in [-0.2, -0.15) is 0 Å². The zero-order valence-corrected chi connectivity index (χ0v) is 26.6. The van der Waals surface area contributed by atoms with Gasteiger partial charge in [-0.15, -0.1) is 0 Å². The number of nitro benzene ring substituents is 2. The molecule has 0 radical (unpaired) electrons. The summed E-state index contributed by atoms with van der Waals surface area (Å²) in [4.78, 5) is 30.2. The molecule has 6 rings (SSSR count). The first-order valence-corrected chi connectivity index (χ1v) is 15.4. The average Bonchev–Trinajstić information content (AvgIpc) is 3.55.